The lowest BCUT2D eigenvalue weighted by Gasteiger charge is -2.13. The van der Waals surface area contributed by atoms with E-state index < -0.39 is 6.10 Å². The van der Waals surface area contributed by atoms with Crippen LogP contribution in [0.25, 0.3) is 0 Å². The van der Waals surface area contributed by atoms with Crippen LogP contribution in [0.4, 0.5) is 0 Å². The van der Waals surface area contributed by atoms with Crippen molar-refractivity contribution in [3.8, 4) is 0 Å². The average molecular weight is 262 g/mol. The summed E-state index contributed by atoms with van der Waals surface area (Å²) in [5.74, 6) is 0.716. The summed E-state index contributed by atoms with van der Waals surface area (Å²) in [6.45, 7) is 3.00. The van der Waals surface area contributed by atoms with E-state index in [1.165, 1.54) is 4.90 Å². The zero-order chi connectivity index (χ0) is 13.0. The Morgan fingerprint density at radius 2 is 2.06 bits per heavy atom. The number of aromatic nitrogens is 2. The van der Waals surface area contributed by atoms with E-state index in [-0.39, 0.29) is 0 Å². The summed E-state index contributed by atoms with van der Waals surface area (Å²) < 4.78 is 2.01. The van der Waals surface area contributed by atoms with Crippen molar-refractivity contribution in [2.45, 2.75) is 30.9 Å². The first-order valence-corrected chi connectivity index (χ1v) is 7.31. The Balaban J connectivity index is 2.23. The second-order valence-electron chi connectivity index (χ2n) is 4.15. The summed E-state index contributed by atoms with van der Waals surface area (Å²) in [6.07, 6.45) is 6.08. The van der Waals surface area contributed by atoms with Gasteiger partial charge in [-0.3, -0.25) is 0 Å². The highest BCUT2D eigenvalue weighted by atomic mass is 32.2. The highest BCUT2D eigenvalue weighted by molar-refractivity contribution is 7.98. The van der Waals surface area contributed by atoms with Crippen LogP contribution in [-0.2, 0) is 6.54 Å². The number of hydrogen-bond acceptors (Lipinski definition) is 3. The molecule has 1 aromatic heterocycles. The maximum atomic E-state index is 10.4. The molecule has 0 saturated heterocycles. The number of aryl methyl sites for hydroxylation is 1. The molecule has 2 aromatic rings. The van der Waals surface area contributed by atoms with Gasteiger partial charge in [0.05, 0.1) is 0 Å². The molecule has 0 saturated carbocycles. The third-order valence-corrected chi connectivity index (χ3v) is 3.63. The van der Waals surface area contributed by atoms with Crippen LogP contribution in [0.5, 0.6) is 0 Å². The quantitative estimate of drug-likeness (QED) is 0.841. The molecule has 2 rings (SSSR count). The van der Waals surface area contributed by atoms with Crippen molar-refractivity contribution in [1.82, 2.24) is 9.55 Å². The van der Waals surface area contributed by atoms with E-state index in [1.54, 1.807) is 18.0 Å². The van der Waals surface area contributed by atoms with Gasteiger partial charge >= 0.3 is 0 Å². The number of imidazole rings is 1. The van der Waals surface area contributed by atoms with Gasteiger partial charge in [0, 0.05) is 23.8 Å². The number of hydrogen-bond donors (Lipinski definition) is 1. The number of benzene rings is 1. The molecule has 1 unspecified atom stereocenters. The number of nitrogens with zero attached hydrogens (tertiary/aromatic N) is 2. The molecule has 1 atom stereocenters. The summed E-state index contributed by atoms with van der Waals surface area (Å²) in [4.78, 5) is 5.46. The molecule has 0 radical (unpaired) electrons. The molecule has 0 aliphatic rings. The van der Waals surface area contributed by atoms with Gasteiger partial charge in [-0.15, -0.1) is 11.8 Å². The summed E-state index contributed by atoms with van der Waals surface area (Å²) in [6, 6.07) is 7.97. The van der Waals surface area contributed by atoms with Crippen LogP contribution in [-0.4, -0.2) is 20.9 Å². The van der Waals surface area contributed by atoms with Crippen LogP contribution in [0.15, 0.2) is 41.6 Å². The molecule has 0 aliphatic carbocycles. The van der Waals surface area contributed by atoms with Gasteiger partial charge in [0.1, 0.15) is 11.9 Å². The Hall–Kier alpha value is -1.26. The minimum Gasteiger partial charge on any atom is -0.380 e. The molecule has 0 spiro atoms. The van der Waals surface area contributed by atoms with Gasteiger partial charge < -0.3 is 9.67 Å². The van der Waals surface area contributed by atoms with E-state index in [0.717, 1.165) is 18.5 Å². The second-order valence-corrected chi connectivity index (χ2v) is 5.03. The van der Waals surface area contributed by atoms with Crippen molar-refractivity contribution in [3.63, 3.8) is 0 Å². The molecular weight excluding hydrogens is 244 g/mol. The van der Waals surface area contributed by atoms with Gasteiger partial charge in [-0.25, -0.2) is 4.98 Å². The molecule has 18 heavy (non-hydrogen) atoms. The molecule has 96 valence electrons. The third kappa shape index (κ3) is 2.76. The Labute approximate surface area is 112 Å². The summed E-state index contributed by atoms with van der Waals surface area (Å²) >= 11 is 1.70. The van der Waals surface area contributed by atoms with Crippen LogP contribution >= 0.6 is 11.8 Å². The van der Waals surface area contributed by atoms with Gasteiger partial charge in [0.2, 0.25) is 0 Å². The van der Waals surface area contributed by atoms with Crippen molar-refractivity contribution in [2.75, 3.05) is 6.26 Å². The first-order valence-electron chi connectivity index (χ1n) is 6.09. The highest BCUT2D eigenvalue weighted by Gasteiger charge is 2.15. The number of aliphatic hydroxyl groups excluding tert-OH is 1. The Bertz CT molecular complexity index is 493. The minimum absolute atomic E-state index is 0.651. The molecule has 1 heterocycles. The molecule has 4 heteroatoms. The minimum atomic E-state index is -0.651. The first-order chi connectivity index (χ1) is 8.76. The van der Waals surface area contributed by atoms with Crippen molar-refractivity contribution >= 4 is 11.8 Å². The lowest BCUT2D eigenvalue weighted by molar-refractivity contribution is 0.204. The van der Waals surface area contributed by atoms with Gasteiger partial charge in [-0.2, -0.15) is 0 Å². The lowest BCUT2D eigenvalue weighted by Crippen LogP contribution is -2.09. The topological polar surface area (TPSA) is 38.0 Å². The van der Waals surface area contributed by atoms with Gasteiger partial charge in [-0.1, -0.05) is 19.1 Å². The van der Waals surface area contributed by atoms with Crippen molar-refractivity contribution < 1.29 is 5.11 Å². The SMILES string of the molecule is CCCn1ccnc1C(O)c1ccc(SC)cc1. The van der Waals surface area contributed by atoms with Crippen molar-refractivity contribution in [3.05, 3.63) is 48.0 Å². The predicted octanol–water partition coefficient (Wildman–Crippen LogP) is 3.10. The molecule has 0 fully saturated rings. The maximum absolute atomic E-state index is 10.4. The third-order valence-electron chi connectivity index (χ3n) is 2.89. The standard InChI is InChI=1S/C14H18N2OS/c1-3-9-16-10-8-15-14(16)13(17)11-4-6-12(18-2)7-5-11/h4-8,10,13,17H,3,9H2,1-2H3. The van der Waals surface area contributed by atoms with Crippen LogP contribution < -0.4 is 0 Å². The zero-order valence-corrected chi connectivity index (χ0v) is 11.5. The molecular formula is C14H18N2OS. The summed E-state index contributed by atoms with van der Waals surface area (Å²) in [5, 5.41) is 10.4. The van der Waals surface area contributed by atoms with Gasteiger partial charge in [0.25, 0.3) is 0 Å². The molecule has 0 bridgehead atoms. The van der Waals surface area contributed by atoms with E-state index in [4.69, 9.17) is 0 Å². The van der Waals surface area contributed by atoms with E-state index in [0.29, 0.717) is 5.82 Å². The Morgan fingerprint density at radius 3 is 2.67 bits per heavy atom. The molecule has 0 amide bonds. The van der Waals surface area contributed by atoms with E-state index in [2.05, 4.69) is 11.9 Å². The molecule has 0 aliphatic heterocycles. The van der Waals surface area contributed by atoms with Crippen LogP contribution in [0.1, 0.15) is 30.8 Å². The maximum Gasteiger partial charge on any atom is 0.142 e. The van der Waals surface area contributed by atoms with E-state index >= 15 is 0 Å². The van der Waals surface area contributed by atoms with E-state index in [9.17, 15) is 5.11 Å². The monoisotopic (exact) mass is 262 g/mol. The number of aliphatic hydroxyl groups is 1. The molecule has 3 nitrogen and oxygen atoms in total. The van der Waals surface area contributed by atoms with Gasteiger partial charge in [0.15, 0.2) is 0 Å². The number of rotatable bonds is 5. The fraction of sp³-hybridized carbons (Fsp3) is 0.357. The molecule has 1 N–H and O–H groups in total. The van der Waals surface area contributed by atoms with Crippen LogP contribution in [0.3, 0.4) is 0 Å². The first kappa shape index (κ1) is 13.2. The van der Waals surface area contributed by atoms with Crippen molar-refractivity contribution in [2.24, 2.45) is 0 Å². The van der Waals surface area contributed by atoms with E-state index in [1.807, 2.05) is 41.3 Å². The smallest absolute Gasteiger partial charge is 0.142 e. The van der Waals surface area contributed by atoms with Crippen LogP contribution in [0.2, 0.25) is 0 Å². The fourth-order valence-electron chi connectivity index (χ4n) is 1.93. The number of thioether (sulfide) groups is 1. The van der Waals surface area contributed by atoms with Gasteiger partial charge in [-0.05, 0) is 30.4 Å². The highest BCUT2D eigenvalue weighted by Crippen LogP contribution is 2.23. The molecule has 1 aromatic carbocycles. The normalized spacial score (nSPS) is 12.6. The Morgan fingerprint density at radius 1 is 1.33 bits per heavy atom. The van der Waals surface area contributed by atoms with Crippen molar-refractivity contribution in [1.29, 1.82) is 0 Å². The average Bonchev–Trinajstić information content (AvgIpc) is 2.87. The summed E-state index contributed by atoms with van der Waals surface area (Å²) in [7, 11) is 0. The lowest BCUT2D eigenvalue weighted by atomic mass is 10.1. The second kappa shape index (κ2) is 6.07. The van der Waals surface area contributed by atoms with Crippen LogP contribution in [0, 0.1) is 0 Å². The zero-order valence-electron chi connectivity index (χ0n) is 10.7. The largest absolute Gasteiger partial charge is 0.380 e. The summed E-state index contributed by atoms with van der Waals surface area (Å²) in [5.41, 5.74) is 0.886. The predicted molar refractivity (Wildman–Crippen MR) is 74.8 cm³/mol. The Kier molecular flexibility index (Phi) is 4.44. The fourth-order valence-corrected chi connectivity index (χ4v) is 2.34.